The normalized spacial score (nSPS) is 13.0. The summed E-state index contributed by atoms with van der Waals surface area (Å²) < 4.78 is 5.13. The third kappa shape index (κ3) is 4.83. The summed E-state index contributed by atoms with van der Waals surface area (Å²) in [4.78, 5) is 11.6. The maximum Gasteiger partial charge on any atom is 0.162 e. The average Bonchev–Trinajstić information content (AvgIpc) is 2.01. The number of hydrogen-bond acceptors (Lipinski definition) is 2. The summed E-state index contributed by atoms with van der Waals surface area (Å²) in [5.74, 6) is 0.433. The van der Waals surface area contributed by atoms with Crippen LogP contribution in [0.15, 0.2) is 12.2 Å². The van der Waals surface area contributed by atoms with E-state index in [1.54, 1.807) is 7.11 Å². The quantitative estimate of drug-likeness (QED) is 0.593. The van der Waals surface area contributed by atoms with Crippen molar-refractivity contribution >= 4 is 5.78 Å². The van der Waals surface area contributed by atoms with Crippen molar-refractivity contribution in [3.63, 3.8) is 0 Å². The molecule has 2 nitrogen and oxygen atoms in total. The first kappa shape index (κ1) is 12.4. The van der Waals surface area contributed by atoms with Crippen molar-refractivity contribution in [3.05, 3.63) is 12.2 Å². The van der Waals surface area contributed by atoms with Crippen LogP contribution in [-0.4, -0.2) is 19.0 Å². The molecule has 0 rings (SSSR count). The van der Waals surface area contributed by atoms with Crippen LogP contribution in [0.2, 0.25) is 0 Å². The zero-order valence-corrected chi connectivity index (χ0v) is 9.09. The maximum atomic E-state index is 11.6. The van der Waals surface area contributed by atoms with Crippen molar-refractivity contribution in [3.8, 4) is 0 Å². The average molecular weight is 184 g/mol. The molecule has 1 atom stereocenters. The second-order valence-corrected chi connectivity index (χ2v) is 3.82. The molecule has 0 N–H and O–H groups in total. The van der Waals surface area contributed by atoms with Gasteiger partial charge < -0.3 is 4.74 Å². The smallest absolute Gasteiger partial charge is 0.162 e. The standard InChI is InChI=1S/C11H20O2/c1-8(2)6-7-10(12)11(13-5)9(3)4/h9,11H,1,6-7H2,2-5H3. The van der Waals surface area contributed by atoms with E-state index in [2.05, 4.69) is 6.58 Å². The van der Waals surface area contributed by atoms with Crippen LogP contribution in [0.5, 0.6) is 0 Å². The Morgan fingerprint density at radius 3 is 2.23 bits per heavy atom. The lowest BCUT2D eigenvalue weighted by molar-refractivity contribution is -0.131. The third-order valence-electron chi connectivity index (χ3n) is 1.97. The summed E-state index contributed by atoms with van der Waals surface area (Å²) in [6.07, 6.45) is 1.07. The number of ether oxygens (including phenoxy) is 1. The minimum absolute atomic E-state index is 0.181. The van der Waals surface area contributed by atoms with Crippen LogP contribution in [0.25, 0.3) is 0 Å². The molecule has 0 aliphatic heterocycles. The number of methoxy groups -OCH3 is 1. The molecule has 0 spiro atoms. The van der Waals surface area contributed by atoms with Crippen LogP contribution in [0.3, 0.4) is 0 Å². The van der Waals surface area contributed by atoms with Gasteiger partial charge in [-0.2, -0.15) is 0 Å². The Kier molecular flexibility index (Phi) is 5.63. The summed E-state index contributed by atoms with van der Waals surface area (Å²) >= 11 is 0. The van der Waals surface area contributed by atoms with Gasteiger partial charge in [0, 0.05) is 13.5 Å². The van der Waals surface area contributed by atoms with Crippen molar-refractivity contribution in [1.29, 1.82) is 0 Å². The van der Waals surface area contributed by atoms with E-state index < -0.39 is 0 Å². The van der Waals surface area contributed by atoms with Gasteiger partial charge in [-0.15, -0.1) is 6.58 Å². The van der Waals surface area contributed by atoms with E-state index in [1.165, 1.54) is 0 Å². The maximum absolute atomic E-state index is 11.6. The van der Waals surface area contributed by atoms with Crippen molar-refractivity contribution in [2.24, 2.45) is 5.92 Å². The lowest BCUT2D eigenvalue weighted by Crippen LogP contribution is -2.28. The highest BCUT2D eigenvalue weighted by atomic mass is 16.5. The van der Waals surface area contributed by atoms with Gasteiger partial charge in [0.1, 0.15) is 6.10 Å². The van der Waals surface area contributed by atoms with E-state index in [9.17, 15) is 4.79 Å². The Balaban J connectivity index is 3.99. The van der Waals surface area contributed by atoms with Crippen LogP contribution in [0.4, 0.5) is 0 Å². The van der Waals surface area contributed by atoms with Gasteiger partial charge in [-0.1, -0.05) is 19.4 Å². The molecular formula is C11H20O2. The highest BCUT2D eigenvalue weighted by Gasteiger charge is 2.20. The Morgan fingerprint density at radius 2 is 1.92 bits per heavy atom. The van der Waals surface area contributed by atoms with Crippen LogP contribution < -0.4 is 0 Å². The van der Waals surface area contributed by atoms with Crippen LogP contribution in [0.1, 0.15) is 33.6 Å². The van der Waals surface area contributed by atoms with E-state index >= 15 is 0 Å². The van der Waals surface area contributed by atoms with Gasteiger partial charge in [-0.3, -0.25) is 4.79 Å². The highest BCUT2D eigenvalue weighted by Crippen LogP contribution is 2.11. The lowest BCUT2D eigenvalue weighted by atomic mass is 9.98. The minimum atomic E-state index is -0.251. The summed E-state index contributed by atoms with van der Waals surface area (Å²) in [7, 11) is 1.59. The first-order chi connectivity index (χ1) is 5.99. The largest absolute Gasteiger partial charge is 0.373 e. The van der Waals surface area contributed by atoms with Crippen molar-refractivity contribution in [1.82, 2.24) is 0 Å². The molecule has 0 aromatic carbocycles. The van der Waals surface area contributed by atoms with E-state index in [0.717, 1.165) is 12.0 Å². The molecule has 0 aromatic heterocycles. The molecule has 0 saturated heterocycles. The molecule has 0 aromatic rings. The van der Waals surface area contributed by atoms with Crippen LogP contribution in [-0.2, 0) is 9.53 Å². The van der Waals surface area contributed by atoms with Gasteiger partial charge in [-0.05, 0) is 19.3 Å². The zero-order valence-electron chi connectivity index (χ0n) is 9.09. The fourth-order valence-corrected chi connectivity index (χ4v) is 1.25. The molecule has 0 saturated carbocycles. The summed E-state index contributed by atoms with van der Waals surface area (Å²) in [6.45, 7) is 9.68. The Labute approximate surface area is 81.0 Å². The predicted molar refractivity (Wildman–Crippen MR) is 54.7 cm³/mol. The van der Waals surface area contributed by atoms with Crippen molar-refractivity contribution < 1.29 is 9.53 Å². The SMILES string of the molecule is C=C(C)CCC(=O)C(OC)C(C)C. The molecule has 1 unspecified atom stereocenters. The van der Waals surface area contributed by atoms with E-state index in [0.29, 0.717) is 6.42 Å². The Bertz CT molecular complexity index is 183. The fourth-order valence-electron chi connectivity index (χ4n) is 1.25. The molecule has 0 aliphatic rings. The number of Topliss-reactive ketones (excluding diaryl/α,β-unsaturated/α-hetero) is 1. The molecule has 0 heterocycles. The second-order valence-electron chi connectivity index (χ2n) is 3.82. The summed E-state index contributed by atoms with van der Waals surface area (Å²) in [6, 6.07) is 0. The molecule has 0 bridgehead atoms. The van der Waals surface area contributed by atoms with E-state index in [1.807, 2.05) is 20.8 Å². The summed E-state index contributed by atoms with van der Waals surface area (Å²) in [5, 5.41) is 0. The fraction of sp³-hybridized carbons (Fsp3) is 0.727. The van der Waals surface area contributed by atoms with Crippen molar-refractivity contribution in [2.45, 2.75) is 39.7 Å². The summed E-state index contributed by atoms with van der Waals surface area (Å²) in [5.41, 5.74) is 1.05. The number of carbonyl (C=O) groups is 1. The van der Waals surface area contributed by atoms with Gasteiger partial charge in [0.15, 0.2) is 5.78 Å². The number of ketones is 1. The monoisotopic (exact) mass is 184 g/mol. The molecule has 0 aliphatic carbocycles. The number of allylic oxidation sites excluding steroid dienone is 1. The molecular weight excluding hydrogens is 164 g/mol. The van der Waals surface area contributed by atoms with Gasteiger partial charge in [-0.25, -0.2) is 0 Å². The number of rotatable bonds is 6. The van der Waals surface area contributed by atoms with Gasteiger partial charge >= 0.3 is 0 Å². The van der Waals surface area contributed by atoms with Crippen LogP contribution in [0, 0.1) is 5.92 Å². The van der Waals surface area contributed by atoms with E-state index in [4.69, 9.17) is 4.74 Å². The van der Waals surface area contributed by atoms with Gasteiger partial charge in [0.05, 0.1) is 0 Å². The molecule has 76 valence electrons. The molecule has 2 heteroatoms. The topological polar surface area (TPSA) is 26.3 Å². The zero-order chi connectivity index (χ0) is 10.4. The molecule has 0 fully saturated rings. The minimum Gasteiger partial charge on any atom is -0.373 e. The van der Waals surface area contributed by atoms with Gasteiger partial charge in [0.25, 0.3) is 0 Å². The molecule has 13 heavy (non-hydrogen) atoms. The lowest BCUT2D eigenvalue weighted by Gasteiger charge is -2.17. The molecule has 0 amide bonds. The third-order valence-corrected chi connectivity index (χ3v) is 1.97. The first-order valence-corrected chi connectivity index (χ1v) is 4.69. The van der Waals surface area contributed by atoms with Gasteiger partial charge in [0.2, 0.25) is 0 Å². The Morgan fingerprint density at radius 1 is 1.38 bits per heavy atom. The van der Waals surface area contributed by atoms with E-state index in [-0.39, 0.29) is 17.8 Å². The molecule has 0 radical (unpaired) electrons. The first-order valence-electron chi connectivity index (χ1n) is 4.69. The predicted octanol–water partition coefficient (Wildman–Crippen LogP) is 2.58. The number of hydrogen-bond donors (Lipinski definition) is 0. The highest BCUT2D eigenvalue weighted by molar-refractivity contribution is 5.83. The second kappa shape index (κ2) is 5.92. The van der Waals surface area contributed by atoms with Crippen LogP contribution >= 0.6 is 0 Å². The Hall–Kier alpha value is -0.630. The number of carbonyl (C=O) groups excluding carboxylic acids is 1. The van der Waals surface area contributed by atoms with Crippen molar-refractivity contribution in [2.75, 3.05) is 7.11 Å².